The van der Waals surface area contributed by atoms with E-state index in [0.29, 0.717) is 22.0 Å². The van der Waals surface area contributed by atoms with Crippen LogP contribution in [0.25, 0.3) is 5.57 Å². The molecule has 5 nitrogen and oxygen atoms in total. The second-order valence-electron chi connectivity index (χ2n) is 6.99. The molecule has 0 saturated carbocycles. The van der Waals surface area contributed by atoms with Crippen LogP contribution in [0.5, 0.6) is 5.75 Å². The minimum absolute atomic E-state index is 0.249. The van der Waals surface area contributed by atoms with Crippen molar-refractivity contribution in [2.24, 2.45) is 0 Å². The summed E-state index contributed by atoms with van der Waals surface area (Å²) in [6.45, 7) is 3.97. The Hall–Kier alpha value is -3.09. The van der Waals surface area contributed by atoms with Gasteiger partial charge in [-0.3, -0.25) is 9.59 Å². The number of carbonyl (C=O) groups is 2. The summed E-state index contributed by atoms with van der Waals surface area (Å²) in [6, 6.07) is 14.5. The minimum atomic E-state index is -0.427. The van der Waals surface area contributed by atoms with Crippen molar-refractivity contribution in [1.82, 2.24) is 0 Å². The van der Waals surface area contributed by atoms with Gasteiger partial charge in [0.1, 0.15) is 11.4 Å². The van der Waals surface area contributed by atoms with Gasteiger partial charge in [0.25, 0.3) is 11.8 Å². The zero-order chi connectivity index (χ0) is 21.4. The Bertz CT molecular complexity index is 1160. The first kappa shape index (κ1) is 20.2. The Morgan fingerprint density at radius 2 is 1.73 bits per heavy atom. The molecule has 2 aromatic carbocycles. The number of thiophene rings is 1. The quantitative estimate of drug-likeness (QED) is 0.540. The molecule has 0 spiro atoms. The van der Waals surface area contributed by atoms with E-state index in [1.165, 1.54) is 18.4 Å². The van der Waals surface area contributed by atoms with Gasteiger partial charge in [-0.25, -0.2) is 4.90 Å². The van der Waals surface area contributed by atoms with Crippen molar-refractivity contribution in [3.8, 4) is 5.75 Å². The highest BCUT2D eigenvalue weighted by molar-refractivity contribution is 7.11. The second-order valence-corrected chi connectivity index (χ2v) is 8.35. The van der Waals surface area contributed by atoms with Gasteiger partial charge >= 0.3 is 0 Å². The molecule has 2 amide bonds. The van der Waals surface area contributed by atoms with Crippen molar-refractivity contribution in [1.29, 1.82) is 0 Å². The maximum absolute atomic E-state index is 13.4. The molecule has 0 radical (unpaired) electrons. The number of methoxy groups -OCH3 is 1. The van der Waals surface area contributed by atoms with Crippen LogP contribution < -0.4 is 15.0 Å². The van der Waals surface area contributed by atoms with E-state index in [0.717, 1.165) is 26.6 Å². The number of imide groups is 1. The molecule has 3 aromatic rings. The molecular formula is C23H19ClN2O3S. The number of hydrogen-bond acceptors (Lipinski definition) is 5. The molecule has 0 unspecified atom stereocenters. The fraction of sp³-hybridized carbons (Fsp3) is 0.130. The van der Waals surface area contributed by atoms with Crippen molar-refractivity contribution < 1.29 is 14.3 Å². The molecule has 4 rings (SSSR count). The molecule has 7 heteroatoms. The van der Waals surface area contributed by atoms with E-state index in [9.17, 15) is 9.59 Å². The molecule has 0 saturated heterocycles. The third-order valence-electron chi connectivity index (χ3n) is 4.74. The number of nitrogens with one attached hydrogen (secondary N) is 1. The summed E-state index contributed by atoms with van der Waals surface area (Å²) in [7, 11) is 1.51. The average Bonchev–Trinajstić information content (AvgIpc) is 3.28. The summed E-state index contributed by atoms with van der Waals surface area (Å²) >= 11 is 7.65. The average molecular weight is 439 g/mol. The SMILES string of the molecule is COc1ccc(N2C(=O)C(Nc3cc(C)cc(C)c3)=C(c3cccs3)C2=O)cc1Cl. The standard InChI is InChI=1S/C23H19ClN2O3S/c1-13-9-14(2)11-15(10-13)25-21-20(19-5-4-8-30-19)22(27)26(23(21)28)16-6-7-18(29-3)17(24)12-16/h4-12,25H,1-3H3. The van der Waals surface area contributed by atoms with Gasteiger partial charge < -0.3 is 10.1 Å². The normalized spacial score (nSPS) is 13.9. The molecule has 30 heavy (non-hydrogen) atoms. The molecule has 1 aromatic heterocycles. The highest BCUT2D eigenvalue weighted by Gasteiger charge is 2.41. The molecule has 152 valence electrons. The van der Waals surface area contributed by atoms with Gasteiger partial charge in [0.15, 0.2) is 0 Å². The first-order chi connectivity index (χ1) is 14.4. The van der Waals surface area contributed by atoms with Crippen LogP contribution in [0, 0.1) is 13.8 Å². The van der Waals surface area contributed by atoms with Gasteiger partial charge in [0.2, 0.25) is 0 Å². The smallest absolute Gasteiger partial charge is 0.282 e. The van der Waals surface area contributed by atoms with Crippen molar-refractivity contribution >= 4 is 51.7 Å². The van der Waals surface area contributed by atoms with Gasteiger partial charge in [0.05, 0.1) is 23.4 Å². The van der Waals surface area contributed by atoms with E-state index in [1.807, 2.05) is 49.6 Å². The Balaban J connectivity index is 1.79. The topological polar surface area (TPSA) is 58.6 Å². The molecular weight excluding hydrogens is 420 g/mol. The highest BCUT2D eigenvalue weighted by atomic mass is 35.5. The van der Waals surface area contributed by atoms with Crippen LogP contribution in [0.3, 0.4) is 0 Å². The van der Waals surface area contributed by atoms with E-state index >= 15 is 0 Å². The lowest BCUT2D eigenvalue weighted by molar-refractivity contribution is -0.120. The fourth-order valence-corrected chi connectivity index (χ4v) is 4.54. The van der Waals surface area contributed by atoms with Gasteiger partial charge in [-0.1, -0.05) is 23.7 Å². The van der Waals surface area contributed by atoms with E-state index in [-0.39, 0.29) is 5.70 Å². The van der Waals surface area contributed by atoms with Crippen molar-refractivity contribution in [3.63, 3.8) is 0 Å². The molecule has 0 bridgehead atoms. The van der Waals surface area contributed by atoms with Crippen LogP contribution in [0.15, 0.2) is 59.6 Å². The number of nitrogens with zero attached hydrogens (tertiary/aromatic N) is 1. The van der Waals surface area contributed by atoms with E-state index in [4.69, 9.17) is 16.3 Å². The van der Waals surface area contributed by atoms with Crippen LogP contribution in [0.2, 0.25) is 5.02 Å². The number of ether oxygens (including phenoxy) is 1. The summed E-state index contributed by atoms with van der Waals surface area (Å²) in [5.74, 6) is -0.348. The summed E-state index contributed by atoms with van der Waals surface area (Å²) in [5.41, 5.74) is 3.87. The summed E-state index contributed by atoms with van der Waals surface area (Å²) in [4.78, 5) is 28.6. The number of benzene rings is 2. The summed E-state index contributed by atoms with van der Waals surface area (Å²) < 4.78 is 5.18. The Labute approximate surface area is 183 Å². The molecule has 1 aliphatic rings. The Morgan fingerprint density at radius 1 is 1.00 bits per heavy atom. The zero-order valence-electron chi connectivity index (χ0n) is 16.7. The van der Waals surface area contributed by atoms with Gasteiger partial charge in [-0.2, -0.15) is 0 Å². The largest absolute Gasteiger partial charge is 0.495 e. The molecule has 1 aliphatic heterocycles. The van der Waals surface area contributed by atoms with Crippen LogP contribution in [-0.4, -0.2) is 18.9 Å². The first-order valence-corrected chi connectivity index (χ1v) is 10.5. The van der Waals surface area contributed by atoms with Crippen LogP contribution >= 0.6 is 22.9 Å². The van der Waals surface area contributed by atoms with Crippen LogP contribution in [0.1, 0.15) is 16.0 Å². The van der Waals surface area contributed by atoms with Crippen molar-refractivity contribution in [2.75, 3.05) is 17.3 Å². The fourth-order valence-electron chi connectivity index (χ4n) is 3.52. The number of amides is 2. The number of anilines is 2. The Morgan fingerprint density at radius 3 is 2.33 bits per heavy atom. The number of rotatable bonds is 5. The predicted molar refractivity (Wildman–Crippen MR) is 121 cm³/mol. The lowest BCUT2D eigenvalue weighted by Gasteiger charge is -2.16. The lowest BCUT2D eigenvalue weighted by Crippen LogP contribution is -2.32. The van der Waals surface area contributed by atoms with Crippen LogP contribution in [0.4, 0.5) is 11.4 Å². The third kappa shape index (κ3) is 3.60. The highest BCUT2D eigenvalue weighted by Crippen LogP contribution is 2.37. The van der Waals surface area contributed by atoms with E-state index in [1.54, 1.807) is 18.2 Å². The van der Waals surface area contributed by atoms with Gasteiger partial charge in [0, 0.05) is 10.6 Å². The predicted octanol–water partition coefficient (Wildman–Crippen LogP) is 5.42. The number of aryl methyl sites for hydroxylation is 2. The number of halogens is 1. The summed E-state index contributed by atoms with van der Waals surface area (Å²) in [5, 5.41) is 5.39. The first-order valence-electron chi connectivity index (χ1n) is 9.25. The summed E-state index contributed by atoms with van der Waals surface area (Å²) in [6.07, 6.45) is 0. The molecule has 2 heterocycles. The molecule has 0 aliphatic carbocycles. The molecule has 0 atom stereocenters. The number of hydrogen-bond donors (Lipinski definition) is 1. The molecule has 1 N–H and O–H groups in total. The van der Waals surface area contributed by atoms with Crippen molar-refractivity contribution in [3.05, 3.63) is 80.6 Å². The second kappa shape index (κ2) is 7.97. The third-order valence-corrected chi connectivity index (χ3v) is 5.92. The Kier molecular flexibility index (Phi) is 5.37. The monoisotopic (exact) mass is 438 g/mol. The zero-order valence-corrected chi connectivity index (χ0v) is 18.2. The van der Waals surface area contributed by atoms with Gasteiger partial charge in [-0.15, -0.1) is 11.3 Å². The van der Waals surface area contributed by atoms with Crippen molar-refractivity contribution in [2.45, 2.75) is 13.8 Å². The minimum Gasteiger partial charge on any atom is -0.495 e. The number of carbonyl (C=O) groups excluding carboxylic acids is 2. The van der Waals surface area contributed by atoms with Gasteiger partial charge in [-0.05, 0) is 66.8 Å². The van der Waals surface area contributed by atoms with Crippen LogP contribution in [-0.2, 0) is 9.59 Å². The van der Waals surface area contributed by atoms with E-state index in [2.05, 4.69) is 5.32 Å². The molecule has 0 fully saturated rings. The lowest BCUT2D eigenvalue weighted by atomic mass is 10.1. The maximum atomic E-state index is 13.4. The maximum Gasteiger partial charge on any atom is 0.282 e. The van der Waals surface area contributed by atoms with E-state index < -0.39 is 11.8 Å².